The maximum absolute atomic E-state index is 11.7. The minimum atomic E-state index is -4.37. The van der Waals surface area contributed by atoms with Gasteiger partial charge in [-0.05, 0) is 30.2 Å². The Morgan fingerprint density at radius 3 is 2.16 bits per heavy atom. The van der Waals surface area contributed by atoms with Crippen LogP contribution >= 0.6 is 0 Å². The number of nitrogens with zero attached hydrogens (tertiary/aromatic N) is 1. The van der Waals surface area contributed by atoms with Crippen LogP contribution in [0.4, 0.5) is 11.4 Å². The lowest BCUT2D eigenvalue weighted by Crippen LogP contribution is -2.26. The maximum atomic E-state index is 11.7. The van der Waals surface area contributed by atoms with E-state index in [-0.39, 0.29) is 0 Å². The van der Waals surface area contributed by atoms with Crippen molar-refractivity contribution in [1.82, 2.24) is 0 Å². The molecule has 0 aliphatic heterocycles. The molecule has 100 valence electrons. The molecule has 0 bridgehead atoms. The Morgan fingerprint density at radius 2 is 1.58 bits per heavy atom. The number of aryl methyl sites for hydroxylation is 1. The summed E-state index contributed by atoms with van der Waals surface area (Å²) in [4.78, 5) is 0. The van der Waals surface area contributed by atoms with Gasteiger partial charge in [0, 0.05) is 0 Å². The summed E-state index contributed by atoms with van der Waals surface area (Å²) in [6.45, 7) is 1.94. The van der Waals surface area contributed by atoms with Crippen molar-refractivity contribution in [2.45, 2.75) is 13.3 Å². The fraction of sp³-hybridized carbons (Fsp3) is 0.143. The second-order valence-corrected chi connectivity index (χ2v) is 5.32. The van der Waals surface area contributed by atoms with Gasteiger partial charge in [0.1, 0.15) is 0 Å². The molecule has 0 unspecified atom stereocenters. The zero-order chi connectivity index (χ0) is 13.9. The van der Waals surface area contributed by atoms with Gasteiger partial charge < -0.3 is 0 Å². The first-order chi connectivity index (χ1) is 9.04. The molecule has 0 spiro atoms. The molecular formula is C14H15NO3S. The summed E-state index contributed by atoms with van der Waals surface area (Å²) in [6.07, 6.45) is 0.676. The molecule has 4 nitrogen and oxygen atoms in total. The molecule has 0 amide bonds. The average molecular weight is 277 g/mol. The van der Waals surface area contributed by atoms with Crippen molar-refractivity contribution in [1.29, 1.82) is 0 Å². The molecule has 0 saturated heterocycles. The lowest BCUT2D eigenvalue weighted by atomic mass is 10.1. The largest absolute Gasteiger partial charge is 0.364 e. The lowest BCUT2D eigenvalue weighted by Gasteiger charge is -2.23. The zero-order valence-corrected chi connectivity index (χ0v) is 11.3. The minimum Gasteiger partial charge on any atom is -0.269 e. The summed E-state index contributed by atoms with van der Waals surface area (Å²) < 4.78 is 33.8. The highest BCUT2D eigenvalue weighted by molar-refractivity contribution is 7.87. The van der Waals surface area contributed by atoms with E-state index < -0.39 is 10.3 Å². The molecule has 2 aromatic carbocycles. The van der Waals surface area contributed by atoms with Crippen molar-refractivity contribution in [2.24, 2.45) is 0 Å². The zero-order valence-electron chi connectivity index (χ0n) is 10.5. The van der Waals surface area contributed by atoms with Crippen LogP contribution in [-0.2, 0) is 16.7 Å². The van der Waals surface area contributed by atoms with Gasteiger partial charge in [0.15, 0.2) is 0 Å². The second kappa shape index (κ2) is 5.42. The number of benzene rings is 2. The van der Waals surface area contributed by atoms with Crippen LogP contribution < -0.4 is 4.31 Å². The molecule has 2 rings (SSSR count). The first-order valence-corrected chi connectivity index (χ1v) is 7.34. The molecule has 0 atom stereocenters. The van der Waals surface area contributed by atoms with Crippen LogP contribution in [0.1, 0.15) is 12.5 Å². The van der Waals surface area contributed by atoms with Crippen LogP contribution in [-0.4, -0.2) is 13.0 Å². The molecule has 2 aromatic rings. The Labute approximate surface area is 113 Å². The van der Waals surface area contributed by atoms with Gasteiger partial charge in [-0.2, -0.15) is 8.42 Å². The molecule has 5 heteroatoms. The molecular weight excluding hydrogens is 262 g/mol. The molecule has 0 aliphatic carbocycles. The number of hydrogen-bond acceptors (Lipinski definition) is 2. The molecule has 1 N–H and O–H groups in total. The van der Waals surface area contributed by atoms with Gasteiger partial charge in [0.25, 0.3) is 0 Å². The first-order valence-electron chi connectivity index (χ1n) is 5.94. The number of hydrogen-bond donors (Lipinski definition) is 1. The van der Waals surface area contributed by atoms with Crippen molar-refractivity contribution in [3.63, 3.8) is 0 Å². The van der Waals surface area contributed by atoms with E-state index in [4.69, 9.17) is 0 Å². The van der Waals surface area contributed by atoms with E-state index in [1.165, 1.54) is 0 Å². The molecule has 0 saturated carbocycles. The highest BCUT2D eigenvalue weighted by Crippen LogP contribution is 2.31. The fourth-order valence-electron chi connectivity index (χ4n) is 1.97. The average Bonchev–Trinajstić information content (AvgIpc) is 2.39. The standard InChI is InChI=1S/C14H15NO3S/c1-2-12-8-6-7-11-14(12)15(19(16,17)18)13-9-4-3-5-10-13/h3-11H,2H2,1H3,(H,16,17,18). The Kier molecular flexibility index (Phi) is 3.87. The van der Waals surface area contributed by atoms with Crippen LogP contribution in [0.25, 0.3) is 0 Å². The van der Waals surface area contributed by atoms with E-state index in [1.54, 1.807) is 42.5 Å². The summed E-state index contributed by atoms with van der Waals surface area (Å²) in [5.74, 6) is 0. The van der Waals surface area contributed by atoms with Gasteiger partial charge in [-0.1, -0.05) is 43.3 Å². The molecule has 0 aliphatic rings. The molecule has 0 heterocycles. The summed E-state index contributed by atoms with van der Waals surface area (Å²) in [6, 6.07) is 15.6. The van der Waals surface area contributed by atoms with Gasteiger partial charge in [0.05, 0.1) is 11.4 Å². The van der Waals surface area contributed by atoms with Crippen molar-refractivity contribution >= 4 is 21.7 Å². The summed E-state index contributed by atoms with van der Waals surface area (Å²) in [5, 5.41) is 0. The monoisotopic (exact) mass is 277 g/mol. The van der Waals surface area contributed by atoms with Crippen LogP contribution in [0.15, 0.2) is 54.6 Å². The summed E-state index contributed by atoms with van der Waals surface area (Å²) >= 11 is 0. The topological polar surface area (TPSA) is 57.6 Å². The Bertz CT molecular complexity index is 653. The van der Waals surface area contributed by atoms with E-state index in [2.05, 4.69) is 0 Å². The quantitative estimate of drug-likeness (QED) is 0.873. The van der Waals surface area contributed by atoms with Gasteiger partial charge in [0.2, 0.25) is 0 Å². The van der Waals surface area contributed by atoms with Gasteiger partial charge >= 0.3 is 10.3 Å². The number of para-hydroxylation sites is 2. The van der Waals surface area contributed by atoms with E-state index >= 15 is 0 Å². The third-order valence-electron chi connectivity index (χ3n) is 2.81. The normalized spacial score (nSPS) is 11.3. The fourth-order valence-corrected chi connectivity index (χ4v) is 2.78. The third-order valence-corrected chi connectivity index (χ3v) is 3.68. The Morgan fingerprint density at radius 1 is 1.00 bits per heavy atom. The molecule has 0 aromatic heterocycles. The van der Waals surface area contributed by atoms with Crippen molar-refractivity contribution < 1.29 is 13.0 Å². The highest BCUT2D eigenvalue weighted by atomic mass is 32.2. The first kappa shape index (κ1) is 13.6. The maximum Gasteiger partial charge on any atom is 0.364 e. The molecule has 19 heavy (non-hydrogen) atoms. The molecule has 0 radical (unpaired) electrons. The number of anilines is 2. The summed E-state index contributed by atoms with van der Waals surface area (Å²) in [5.41, 5.74) is 1.73. The Balaban J connectivity index is 2.63. The van der Waals surface area contributed by atoms with Crippen molar-refractivity contribution in [3.8, 4) is 0 Å². The minimum absolute atomic E-state index is 0.408. The van der Waals surface area contributed by atoms with Gasteiger partial charge in [-0.15, -0.1) is 0 Å². The van der Waals surface area contributed by atoms with Gasteiger partial charge in [-0.25, -0.2) is 4.31 Å². The predicted octanol–water partition coefficient (Wildman–Crippen LogP) is 3.19. The van der Waals surface area contributed by atoms with Crippen molar-refractivity contribution in [2.75, 3.05) is 4.31 Å². The van der Waals surface area contributed by atoms with Crippen LogP contribution in [0, 0.1) is 0 Å². The third kappa shape index (κ3) is 2.94. The van der Waals surface area contributed by atoms with Crippen LogP contribution in [0.2, 0.25) is 0 Å². The highest BCUT2D eigenvalue weighted by Gasteiger charge is 2.23. The van der Waals surface area contributed by atoms with E-state index in [1.807, 2.05) is 19.1 Å². The van der Waals surface area contributed by atoms with Crippen LogP contribution in [0.5, 0.6) is 0 Å². The smallest absolute Gasteiger partial charge is 0.269 e. The second-order valence-electron chi connectivity index (χ2n) is 4.06. The lowest BCUT2D eigenvalue weighted by molar-refractivity contribution is 0.483. The van der Waals surface area contributed by atoms with E-state index in [0.29, 0.717) is 17.8 Å². The number of rotatable bonds is 4. The van der Waals surface area contributed by atoms with Crippen LogP contribution in [0.3, 0.4) is 0 Å². The summed E-state index contributed by atoms with van der Waals surface area (Å²) in [7, 11) is -4.37. The van der Waals surface area contributed by atoms with Crippen molar-refractivity contribution in [3.05, 3.63) is 60.2 Å². The van der Waals surface area contributed by atoms with E-state index in [9.17, 15) is 13.0 Å². The predicted molar refractivity (Wildman–Crippen MR) is 75.9 cm³/mol. The van der Waals surface area contributed by atoms with E-state index in [0.717, 1.165) is 9.87 Å². The van der Waals surface area contributed by atoms with Gasteiger partial charge in [-0.3, -0.25) is 4.55 Å². The molecule has 0 fully saturated rings. The Hall–Kier alpha value is -1.85. The SMILES string of the molecule is CCc1ccccc1N(c1ccccc1)S(=O)(=O)O.